The van der Waals surface area contributed by atoms with Crippen LogP contribution in [0.3, 0.4) is 0 Å². The van der Waals surface area contributed by atoms with Crippen molar-refractivity contribution >= 4 is 34.9 Å². The van der Waals surface area contributed by atoms with Crippen LogP contribution in [0, 0.1) is 24.6 Å². The van der Waals surface area contributed by atoms with Gasteiger partial charge in [0.15, 0.2) is 0 Å². The number of aliphatic hydroxyl groups is 1. The maximum atomic E-state index is 15.3. The topological polar surface area (TPSA) is 114 Å². The van der Waals surface area contributed by atoms with Crippen molar-refractivity contribution in [3.05, 3.63) is 94.8 Å². The molecule has 3 aliphatic heterocycles. The van der Waals surface area contributed by atoms with Gasteiger partial charge in [-0.3, -0.25) is 14.5 Å². The number of aliphatic hydroxyl groups excluding tert-OH is 1. The summed E-state index contributed by atoms with van der Waals surface area (Å²) >= 11 is 0. The molecule has 10 heteroatoms. The van der Waals surface area contributed by atoms with Crippen LogP contribution in [0.1, 0.15) is 47.9 Å². The van der Waals surface area contributed by atoms with Crippen LogP contribution in [0.5, 0.6) is 0 Å². The lowest BCUT2D eigenvalue weighted by Gasteiger charge is -2.30. The number of rotatable bonds is 6. The predicted molar refractivity (Wildman–Crippen MR) is 166 cm³/mol. The molecule has 3 N–H and O–H groups in total. The molecule has 3 fully saturated rings. The van der Waals surface area contributed by atoms with Gasteiger partial charge in [-0.15, -0.1) is 0 Å². The summed E-state index contributed by atoms with van der Waals surface area (Å²) in [6.07, 6.45) is 3.00. The average Bonchev–Trinajstić information content (AvgIpc) is 3.41. The molecule has 228 valence electrons. The van der Waals surface area contributed by atoms with Gasteiger partial charge in [0.1, 0.15) is 12.4 Å². The van der Waals surface area contributed by atoms with E-state index in [1.807, 2.05) is 17.9 Å². The predicted octanol–water partition coefficient (Wildman–Crippen LogP) is 4.61. The van der Waals surface area contributed by atoms with E-state index in [9.17, 15) is 19.5 Å². The largest absolute Gasteiger partial charge is 0.392 e. The number of amides is 4. The van der Waals surface area contributed by atoms with Crippen molar-refractivity contribution in [1.29, 1.82) is 0 Å². The van der Waals surface area contributed by atoms with Crippen LogP contribution in [0.2, 0.25) is 0 Å². The molecule has 9 nitrogen and oxygen atoms in total. The Hall–Kier alpha value is -4.57. The molecule has 4 aliphatic rings. The second-order valence-electron chi connectivity index (χ2n) is 11.9. The number of nitrogens with one attached hydrogen (secondary N) is 2. The van der Waals surface area contributed by atoms with Gasteiger partial charge in [0, 0.05) is 29.9 Å². The number of aliphatic imine (C=N–C) groups is 1. The fourth-order valence-electron chi connectivity index (χ4n) is 6.61. The fourth-order valence-corrected chi connectivity index (χ4v) is 6.61. The molecule has 2 saturated heterocycles. The lowest BCUT2D eigenvalue weighted by Crippen LogP contribution is -2.52. The standard InChI is InChI=1S/C34H36FN5O4/c1-21-6-4-10-27-30(26-9-2-3-11-28(26)35)37-32(38-34(44)36-25-8-5-7-24(16-25)20-41)33(43)40(31(21)27)19-29(42)39-17-22-12-13-23(18-39)15-14-22/h2-11,16,22-23,32,41H,12-15,17-20H2,1H3,(H2,36,38,44). The van der Waals surface area contributed by atoms with E-state index in [1.165, 1.54) is 11.0 Å². The number of halogens is 1. The molecule has 44 heavy (non-hydrogen) atoms. The molecule has 4 amide bonds. The summed E-state index contributed by atoms with van der Waals surface area (Å²) in [7, 11) is 0. The molecule has 1 aliphatic carbocycles. The second kappa shape index (κ2) is 12.6. The maximum Gasteiger partial charge on any atom is 0.321 e. The summed E-state index contributed by atoms with van der Waals surface area (Å²) in [4.78, 5) is 49.3. The van der Waals surface area contributed by atoms with E-state index in [1.54, 1.807) is 54.6 Å². The number of aryl methyl sites for hydroxylation is 1. The average molecular weight is 598 g/mol. The summed E-state index contributed by atoms with van der Waals surface area (Å²) in [6.45, 7) is 2.75. The Morgan fingerprint density at radius 1 is 0.955 bits per heavy atom. The van der Waals surface area contributed by atoms with Gasteiger partial charge in [-0.05, 0) is 79.8 Å². The minimum Gasteiger partial charge on any atom is -0.392 e. The van der Waals surface area contributed by atoms with E-state index in [2.05, 4.69) is 15.6 Å². The van der Waals surface area contributed by atoms with Crippen molar-refractivity contribution in [2.45, 2.75) is 45.4 Å². The zero-order valence-electron chi connectivity index (χ0n) is 24.6. The van der Waals surface area contributed by atoms with Gasteiger partial charge < -0.3 is 20.6 Å². The zero-order chi connectivity index (χ0) is 30.8. The van der Waals surface area contributed by atoms with Gasteiger partial charge in [-0.1, -0.05) is 42.5 Å². The molecular formula is C34H36FN5O4. The van der Waals surface area contributed by atoms with Crippen LogP contribution < -0.4 is 15.5 Å². The number of benzodiazepines with no additional fused rings is 1. The summed E-state index contributed by atoms with van der Waals surface area (Å²) in [5.74, 6) is -0.364. The van der Waals surface area contributed by atoms with Gasteiger partial charge in [0.05, 0.1) is 18.0 Å². The van der Waals surface area contributed by atoms with E-state index in [0.717, 1.165) is 31.2 Å². The highest BCUT2D eigenvalue weighted by Gasteiger charge is 2.38. The third-order valence-electron chi connectivity index (χ3n) is 8.85. The number of hydrogen-bond acceptors (Lipinski definition) is 5. The van der Waals surface area contributed by atoms with Crippen molar-refractivity contribution in [3.8, 4) is 0 Å². The molecular weight excluding hydrogens is 561 g/mol. The van der Waals surface area contributed by atoms with Crippen molar-refractivity contribution in [2.24, 2.45) is 16.8 Å². The Morgan fingerprint density at radius 2 is 1.64 bits per heavy atom. The number of nitrogens with zero attached hydrogens (tertiary/aromatic N) is 3. The summed E-state index contributed by atoms with van der Waals surface area (Å²) in [5, 5.41) is 14.8. The number of benzene rings is 3. The molecule has 3 heterocycles. The van der Waals surface area contributed by atoms with E-state index in [4.69, 9.17) is 0 Å². The van der Waals surface area contributed by atoms with Gasteiger partial charge in [0.25, 0.3) is 5.91 Å². The highest BCUT2D eigenvalue weighted by molar-refractivity contribution is 6.21. The van der Waals surface area contributed by atoms with Crippen LogP contribution in [-0.2, 0) is 16.2 Å². The van der Waals surface area contributed by atoms with Crippen molar-refractivity contribution in [2.75, 3.05) is 29.9 Å². The number of hydrogen-bond donors (Lipinski definition) is 3. The molecule has 0 radical (unpaired) electrons. The Balaban J connectivity index is 1.37. The van der Waals surface area contributed by atoms with E-state index in [0.29, 0.717) is 47.4 Å². The lowest BCUT2D eigenvalue weighted by atomic mass is 9.84. The molecule has 1 unspecified atom stereocenters. The van der Waals surface area contributed by atoms with Crippen LogP contribution in [0.4, 0.5) is 20.6 Å². The quantitative estimate of drug-likeness (QED) is 0.385. The van der Waals surface area contributed by atoms with Crippen LogP contribution >= 0.6 is 0 Å². The van der Waals surface area contributed by atoms with Crippen molar-refractivity contribution < 1.29 is 23.9 Å². The van der Waals surface area contributed by atoms with Gasteiger partial charge >= 0.3 is 6.03 Å². The smallest absolute Gasteiger partial charge is 0.321 e. The van der Waals surface area contributed by atoms with Crippen LogP contribution in [0.25, 0.3) is 0 Å². The van der Waals surface area contributed by atoms with Gasteiger partial charge in [0.2, 0.25) is 12.1 Å². The van der Waals surface area contributed by atoms with Gasteiger partial charge in [-0.2, -0.15) is 0 Å². The second-order valence-corrected chi connectivity index (χ2v) is 11.9. The van der Waals surface area contributed by atoms with Crippen LogP contribution in [-0.4, -0.2) is 59.4 Å². The zero-order valence-corrected chi connectivity index (χ0v) is 24.6. The first kappa shape index (κ1) is 29.5. The number of urea groups is 1. The molecule has 7 rings (SSSR count). The minimum absolute atomic E-state index is 0.162. The number of fused-ring (bicyclic) bond motifs is 5. The summed E-state index contributed by atoms with van der Waals surface area (Å²) < 4.78 is 15.3. The SMILES string of the molecule is Cc1cccc2c1N(CC(=O)N1CC3CCC(CC3)C1)C(=O)C(NC(=O)Nc1cccc(CO)c1)N=C2c1ccccc1F. The first-order valence-electron chi connectivity index (χ1n) is 15.1. The third kappa shape index (κ3) is 6.07. The fraction of sp³-hybridized carbons (Fsp3) is 0.353. The highest BCUT2D eigenvalue weighted by Crippen LogP contribution is 2.35. The Kier molecular flexibility index (Phi) is 8.43. The molecule has 0 aromatic heterocycles. The maximum absolute atomic E-state index is 15.3. The first-order valence-corrected chi connectivity index (χ1v) is 15.1. The molecule has 2 bridgehead atoms. The lowest BCUT2D eigenvalue weighted by molar-refractivity contribution is -0.132. The summed E-state index contributed by atoms with van der Waals surface area (Å²) in [5.41, 5.74) is 3.06. The molecule has 3 aromatic rings. The Labute approximate surface area is 255 Å². The molecule has 1 atom stereocenters. The number of para-hydroxylation sites is 1. The Morgan fingerprint density at radius 3 is 2.34 bits per heavy atom. The number of carbonyl (C=O) groups is 3. The van der Waals surface area contributed by atoms with Crippen LogP contribution in [0.15, 0.2) is 71.7 Å². The highest BCUT2D eigenvalue weighted by atomic mass is 19.1. The normalized spacial score (nSPS) is 21.2. The van der Waals surface area contributed by atoms with E-state index >= 15 is 4.39 Å². The van der Waals surface area contributed by atoms with E-state index < -0.39 is 23.9 Å². The van der Waals surface area contributed by atoms with Crippen molar-refractivity contribution in [1.82, 2.24) is 10.2 Å². The first-order chi connectivity index (χ1) is 21.3. The monoisotopic (exact) mass is 597 g/mol. The molecule has 3 aromatic carbocycles. The minimum atomic E-state index is -1.45. The molecule has 0 spiro atoms. The van der Waals surface area contributed by atoms with Gasteiger partial charge in [-0.25, -0.2) is 14.2 Å². The third-order valence-corrected chi connectivity index (χ3v) is 8.85. The summed E-state index contributed by atoms with van der Waals surface area (Å²) in [6, 6.07) is 17.5. The number of carbonyl (C=O) groups excluding carboxylic acids is 3. The van der Waals surface area contributed by atoms with E-state index in [-0.39, 0.29) is 30.3 Å². The van der Waals surface area contributed by atoms with Crippen molar-refractivity contribution in [3.63, 3.8) is 0 Å². The number of anilines is 2. The molecule has 1 saturated carbocycles. The Bertz CT molecular complexity index is 1600.